The van der Waals surface area contributed by atoms with Gasteiger partial charge in [-0.1, -0.05) is 6.07 Å². The third-order valence-electron chi connectivity index (χ3n) is 2.46. The molecule has 19 heavy (non-hydrogen) atoms. The molecule has 0 fully saturated rings. The number of aromatic hydroxyl groups is 1. The minimum atomic E-state index is -2.72. The predicted octanol–water partition coefficient (Wildman–Crippen LogP) is 1.10. The van der Waals surface area contributed by atoms with E-state index in [1.165, 1.54) is 25.3 Å². The Balaban J connectivity index is 3.02. The number of hydrogen-bond acceptors (Lipinski definition) is 4. The first kappa shape index (κ1) is 15.2. The van der Waals surface area contributed by atoms with Crippen LogP contribution in [0.5, 0.6) is 11.5 Å². The number of para-hydroxylation sites is 1. The largest absolute Gasteiger partial charge is 0.504 e. The maximum absolute atomic E-state index is 12.4. The normalized spacial score (nSPS) is 10.6. The maximum atomic E-state index is 12.4. The molecule has 1 aromatic rings. The van der Waals surface area contributed by atoms with Crippen molar-refractivity contribution in [2.24, 2.45) is 0 Å². The Bertz CT molecular complexity index is 440. The highest BCUT2D eigenvalue weighted by Gasteiger charge is 2.23. The Morgan fingerprint density at radius 1 is 1.47 bits per heavy atom. The van der Waals surface area contributed by atoms with E-state index < -0.39 is 31.2 Å². The number of carbonyl (C=O) groups excluding carboxylic acids is 1. The summed E-state index contributed by atoms with van der Waals surface area (Å²) in [7, 11) is 1.31. The number of alkyl halides is 2. The molecule has 0 unspecified atom stereocenters. The van der Waals surface area contributed by atoms with Gasteiger partial charge >= 0.3 is 0 Å². The number of halogens is 2. The molecule has 0 heterocycles. The number of rotatable bonds is 6. The zero-order valence-electron chi connectivity index (χ0n) is 10.3. The predicted molar refractivity (Wildman–Crippen MR) is 63.7 cm³/mol. The van der Waals surface area contributed by atoms with Crippen LogP contribution in [0.25, 0.3) is 0 Å². The van der Waals surface area contributed by atoms with Gasteiger partial charge in [0.2, 0.25) is 0 Å². The summed E-state index contributed by atoms with van der Waals surface area (Å²) in [6, 6.07) is 4.21. The van der Waals surface area contributed by atoms with Gasteiger partial charge in [0.05, 0.1) is 25.8 Å². The zero-order valence-corrected chi connectivity index (χ0v) is 10.3. The summed E-state index contributed by atoms with van der Waals surface area (Å²) < 4.78 is 29.6. The zero-order chi connectivity index (χ0) is 14.4. The van der Waals surface area contributed by atoms with Crippen molar-refractivity contribution in [3.05, 3.63) is 23.8 Å². The molecule has 0 spiro atoms. The van der Waals surface area contributed by atoms with Gasteiger partial charge in [0, 0.05) is 6.54 Å². The van der Waals surface area contributed by atoms with E-state index >= 15 is 0 Å². The molecule has 0 aromatic heterocycles. The summed E-state index contributed by atoms with van der Waals surface area (Å²) in [5.41, 5.74) is -0.145. The van der Waals surface area contributed by atoms with Crippen molar-refractivity contribution in [2.75, 3.05) is 26.8 Å². The van der Waals surface area contributed by atoms with Crippen molar-refractivity contribution < 1.29 is 28.5 Å². The molecule has 1 aromatic carbocycles. The molecule has 5 nitrogen and oxygen atoms in total. The lowest BCUT2D eigenvalue weighted by molar-refractivity contribution is 0.0506. The van der Waals surface area contributed by atoms with Gasteiger partial charge in [0.1, 0.15) is 0 Å². The van der Waals surface area contributed by atoms with Gasteiger partial charge in [-0.05, 0) is 12.1 Å². The molecule has 0 radical (unpaired) electrons. The molecule has 0 bridgehead atoms. The second-order valence-corrected chi connectivity index (χ2v) is 3.72. The number of aliphatic hydroxyl groups is 1. The number of ether oxygens (including phenoxy) is 1. The van der Waals surface area contributed by atoms with Crippen molar-refractivity contribution in [1.29, 1.82) is 0 Å². The van der Waals surface area contributed by atoms with E-state index in [0.29, 0.717) is 0 Å². The second kappa shape index (κ2) is 6.89. The fourth-order valence-electron chi connectivity index (χ4n) is 1.59. The van der Waals surface area contributed by atoms with Crippen LogP contribution in [0.4, 0.5) is 8.78 Å². The van der Waals surface area contributed by atoms with E-state index in [1.807, 2.05) is 0 Å². The number of carbonyl (C=O) groups is 1. The average Bonchev–Trinajstić information content (AvgIpc) is 2.37. The first-order valence-corrected chi connectivity index (χ1v) is 5.55. The number of phenolic OH excluding ortho intramolecular Hbond substituents is 1. The van der Waals surface area contributed by atoms with Crippen LogP contribution < -0.4 is 4.74 Å². The van der Waals surface area contributed by atoms with Crippen LogP contribution in [-0.4, -0.2) is 54.3 Å². The molecule has 7 heteroatoms. The third kappa shape index (κ3) is 3.78. The van der Waals surface area contributed by atoms with Crippen LogP contribution in [-0.2, 0) is 0 Å². The van der Waals surface area contributed by atoms with Crippen molar-refractivity contribution in [1.82, 2.24) is 4.90 Å². The van der Waals surface area contributed by atoms with Gasteiger partial charge in [-0.25, -0.2) is 8.78 Å². The second-order valence-electron chi connectivity index (χ2n) is 3.72. The Morgan fingerprint density at radius 2 is 2.16 bits per heavy atom. The summed E-state index contributed by atoms with van der Waals surface area (Å²) in [5, 5.41) is 18.6. The Labute approximate surface area is 109 Å². The summed E-state index contributed by atoms with van der Waals surface area (Å²) in [5.74, 6) is -1.12. The minimum absolute atomic E-state index is 0.0758. The van der Waals surface area contributed by atoms with E-state index in [9.17, 15) is 18.7 Å². The smallest absolute Gasteiger partial charge is 0.258 e. The van der Waals surface area contributed by atoms with Crippen LogP contribution >= 0.6 is 0 Å². The molecule has 0 saturated heterocycles. The standard InChI is InChI=1S/C12H15F2NO4/c1-19-9-4-2-3-8(11(9)17)12(18)15(5-6-16)7-10(13)14/h2-4,10,16-17H,5-7H2,1H3. The fraction of sp³-hybridized carbons (Fsp3) is 0.417. The molecule has 0 atom stereocenters. The number of benzene rings is 1. The Kier molecular flexibility index (Phi) is 5.50. The Hall–Kier alpha value is -1.89. The van der Waals surface area contributed by atoms with Crippen molar-refractivity contribution >= 4 is 5.91 Å². The van der Waals surface area contributed by atoms with Crippen molar-refractivity contribution in [2.45, 2.75) is 6.43 Å². The molecule has 0 aliphatic heterocycles. The molecular formula is C12H15F2NO4. The van der Waals surface area contributed by atoms with E-state index in [0.717, 1.165) is 4.90 Å². The van der Waals surface area contributed by atoms with Crippen LogP contribution in [0, 0.1) is 0 Å². The Morgan fingerprint density at radius 3 is 2.68 bits per heavy atom. The highest BCUT2D eigenvalue weighted by atomic mass is 19.3. The molecule has 106 valence electrons. The van der Waals surface area contributed by atoms with Gasteiger partial charge in [-0.15, -0.1) is 0 Å². The lowest BCUT2D eigenvalue weighted by Gasteiger charge is -2.22. The van der Waals surface area contributed by atoms with Crippen LogP contribution in [0.3, 0.4) is 0 Å². The number of phenols is 1. The topological polar surface area (TPSA) is 70.0 Å². The number of hydrogen-bond donors (Lipinski definition) is 2. The third-order valence-corrected chi connectivity index (χ3v) is 2.46. The molecular weight excluding hydrogens is 260 g/mol. The highest BCUT2D eigenvalue weighted by Crippen LogP contribution is 2.30. The van der Waals surface area contributed by atoms with E-state index in [1.54, 1.807) is 0 Å². The molecule has 2 N–H and O–H groups in total. The number of amides is 1. The molecule has 0 aliphatic carbocycles. The van der Waals surface area contributed by atoms with Gasteiger partial charge in [-0.3, -0.25) is 4.79 Å². The van der Waals surface area contributed by atoms with Crippen LogP contribution in [0.15, 0.2) is 18.2 Å². The molecule has 0 aliphatic rings. The van der Waals surface area contributed by atoms with Crippen LogP contribution in [0.2, 0.25) is 0 Å². The SMILES string of the molecule is COc1cccc(C(=O)N(CCO)CC(F)F)c1O. The summed E-state index contributed by atoms with van der Waals surface area (Å²) in [6.07, 6.45) is -2.72. The number of aliphatic hydroxyl groups excluding tert-OH is 1. The minimum Gasteiger partial charge on any atom is -0.504 e. The van der Waals surface area contributed by atoms with E-state index in [4.69, 9.17) is 9.84 Å². The van der Waals surface area contributed by atoms with Crippen molar-refractivity contribution in [3.63, 3.8) is 0 Å². The highest BCUT2D eigenvalue weighted by molar-refractivity contribution is 5.97. The van der Waals surface area contributed by atoms with Gasteiger partial charge in [0.25, 0.3) is 12.3 Å². The molecule has 1 amide bonds. The summed E-state index contributed by atoms with van der Waals surface area (Å²) >= 11 is 0. The first-order valence-electron chi connectivity index (χ1n) is 5.55. The summed E-state index contributed by atoms with van der Waals surface area (Å²) in [4.78, 5) is 12.8. The quantitative estimate of drug-likeness (QED) is 0.815. The average molecular weight is 275 g/mol. The number of methoxy groups -OCH3 is 1. The van der Waals surface area contributed by atoms with Crippen molar-refractivity contribution in [3.8, 4) is 11.5 Å². The monoisotopic (exact) mass is 275 g/mol. The molecule has 1 rings (SSSR count). The van der Waals surface area contributed by atoms with Crippen LogP contribution in [0.1, 0.15) is 10.4 Å². The fourth-order valence-corrected chi connectivity index (χ4v) is 1.59. The lowest BCUT2D eigenvalue weighted by atomic mass is 10.1. The first-order chi connectivity index (χ1) is 9.01. The van der Waals surface area contributed by atoms with Gasteiger partial charge < -0.3 is 19.8 Å². The summed E-state index contributed by atoms with van der Waals surface area (Å²) in [6.45, 7) is -1.49. The van der Waals surface area contributed by atoms with Gasteiger partial charge in [0.15, 0.2) is 11.5 Å². The molecule has 0 saturated carbocycles. The van der Waals surface area contributed by atoms with E-state index in [-0.39, 0.29) is 17.9 Å². The van der Waals surface area contributed by atoms with Gasteiger partial charge in [-0.2, -0.15) is 0 Å². The van der Waals surface area contributed by atoms with E-state index in [2.05, 4.69) is 0 Å². The maximum Gasteiger partial charge on any atom is 0.258 e. The lowest BCUT2D eigenvalue weighted by Crippen LogP contribution is -2.37. The number of nitrogens with zero attached hydrogens (tertiary/aromatic N) is 1.